The molecule has 2 saturated heterocycles. The molecule has 8 N–H and O–H groups in total. The predicted octanol–water partition coefficient (Wildman–Crippen LogP) is 5.90. The van der Waals surface area contributed by atoms with E-state index in [4.69, 9.17) is 50.5 Å². The number of anilines is 2. The third-order valence-electron chi connectivity index (χ3n) is 15.8. The number of urea groups is 1. The quantitative estimate of drug-likeness (QED) is 0.0152. The number of nitrogens with zero attached hydrogens (tertiary/aromatic N) is 2. The van der Waals surface area contributed by atoms with Gasteiger partial charge in [0.1, 0.15) is 58.6 Å². The fourth-order valence-electron chi connectivity index (χ4n) is 10.2. The normalized spacial score (nSPS) is 23.8. The number of hydrogen-bond donors (Lipinski definition) is 7. The summed E-state index contributed by atoms with van der Waals surface area (Å²) in [5, 5.41) is 25.6. The lowest BCUT2D eigenvalue weighted by Gasteiger charge is -2.42. The number of amides is 8. The van der Waals surface area contributed by atoms with Crippen molar-refractivity contribution in [3.05, 3.63) is 82.4 Å². The minimum absolute atomic E-state index is 0.0304. The van der Waals surface area contributed by atoms with Crippen LogP contribution in [0.25, 0.3) is 0 Å². The van der Waals surface area contributed by atoms with Crippen LogP contribution < -0.4 is 46.7 Å². The molecular formula is C61H84BrClN8O17. The Hall–Kier alpha value is -7.26. The number of benzene rings is 2. The topological polar surface area (TPSA) is 334 Å². The molecule has 4 bridgehead atoms. The Morgan fingerprint density at radius 2 is 1.73 bits per heavy atom. The molecule has 0 spiro atoms. The van der Waals surface area contributed by atoms with E-state index in [1.165, 1.54) is 65.4 Å². The lowest BCUT2D eigenvalue weighted by Crippen LogP contribution is -2.63. The first-order valence-corrected chi connectivity index (χ1v) is 30.4. The summed E-state index contributed by atoms with van der Waals surface area (Å²) in [5.74, 6) is -5.35. The molecule has 5 rings (SSSR count). The Bertz CT molecular complexity index is 2980. The number of carbonyl (C=O) groups is 9. The van der Waals surface area contributed by atoms with Crippen LogP contribution in [0.5, 0.6) is 11.5 Å². The Morgan fingerprint density at radius 1 is 1.01 bits per heavy atom. The van der Waals surface area contributed by atoms with Crippen LogP contribution in [0.1, 0.15) is 109 Å². The van der Waals surface area contributed by atoms with Crippen molar-refractivity contribution in [2.24, 2.45) is 17.6 Å². The number of nitrogens with two attached hydrogens (primary N) is 1. The number of fused-ring (bicyclic) bond motifs is 5. The monoisotopic (exact) mass is 1310 g/mol. The van der Waals surface area contributed by atoms with Gasteiger partial charge < -0.3 is 75.1 Å². The maximum Gasteiger partial charge on any atom is 0.409 e. The van der Waals surface area contributed by atoms with Gasteiger partial charge in [0.15, 0.2) is 5.72 Å². The van der Waals surface area contributed by atoms with E-state index in [0.29, 0.717) is 37.1 Å². The van der Waals surface area contributed by atoms with Crippen LogP contribution in [0.2, 0.25) is 5.02 Å². The van der Waals surface area contributed by atoms with E-state index in [1.807, 2.05) is 13.0 Å². The molecule has 0 saturated carbocycles. The van der Waals surface area contributed by atoms with Crippen molar-refractivity contribution in [3.8, 4) is 11.5 Å². The number of esters is 2. The molecule has 27 heteroatoms. The largest absolute Gasteiger partial charge is 0.497 e. The molecule has 2 fully saturated rings. The summed E-state index contributed by atoms with van der Waals surface area (Å²) in [5.41, 5.74) is 3.89. The molecule has 484 valence electrons. The zero-order valence-electron chi connectivity index (χ0n) is 51.7. The maximum atomic E-state index is 14.7. The number of carbonyl (C=O) groups excluding carboxylic acids is 9. The number of halogens is 2. The number of methoxy groups -OCH3 is 3. The van der Waals surface area contributed by atoms with Crippen LogP contribution in [0, 0.1) is 11.8 Å². The van der Waals surface area contributed by atoms with Crippen molar-refractivity contribution in [1.29, 1.82) is 0 Å². The smallest absolute Gasteiger partial charge is 0.409 e. The summed E-state index contributed by atoms with van der Waals surface area (Å²) in [6.45, 7) is 13.9. The third-order valence-corrected chi connectivity index (χ3v) is 16.8. The summed E-state index contributed by atoms with van der Waals surface area (Å²) in [6.07, 6.45) is 1.39. The Kier molecular flexibility index (Phi) is 26.2. The second-order valence-corrected chi connectivity index (χ2v) is 23.6. The van der Waals surface area contributed by atoms with Gasteiger partial charge in [-0.15, -0.1) is 0 Å². The number of unbranched alkanes of at least 4 members (excludes halogenated alkanes) is 2. The van der Waals surface area contributed by atoms with Crippen molar-refractivity contribution < 1.29 is 81.4 Å². The standard InChI is InChI=1S/C61H84BrClN8O17/c1-33(2)51(68-48(72)21-14-13-15-25-85-56(77)35(4)32-62)54(75)66-41(19-17-24-65-58(64)79)53(74)67-42-29-39(82-10)22-23-40(42)55(76)70(8)37(6)57(78)87-47-30-49(73)71(9)43-27-38(28-44(83-11)50(43)63)26-34(3)18-16-20-46(84-12)61(81)31-45(86-59(80)69-61)36(5)52-60(47,7)88-52/h16,18,20,22-23,27-29,33,36-37,41,45-47,51-52,81H,4,13-15,17,19,21,24-26,30-32H2,1-3,5-12H3,(H,66,75)(H,67,74)(H,68,72)(H,69,80)(H3,64,65,79)/b20-16+,34-18+/t36-,37+,41+,45+,46-,47+,51+,52+,60+,61+/m1/s1. The van der Waals surface area contributed by atoms with Crippen LogP contribution in [0.15, 0.2) is 66.3 Å². The second kappa shape index (κ2) is 32.3. The molecular weight excluding hydrogens is 1230 g/mol. The number of alkyl carbamates (subject to hydrolysis) is 1. The number of rotatable bonds is 25. The second-order valence-electron chi connectivity index (χ2n) is 22.7. The lowest BCUT2D eigenvalue weighted by atomic mass is 9.83. The number of ether oxygens (including phenoxy) is 7. The van der Waals surface area contributed by atoms with E-state index in [-0.39, 0.29) is 71.8 Å². The lowest BCUT2D eigenvalue weighted by molar-refractivity contribution is -0.158. The van der Waals surface area contributed by atoms with Crippen molar-refractivity contribution in [2.45, 2.75) is 153 Å². The highest BCUT2D eigenvalue weighted by atomic mass is 79.9. The van der Waals surface area contributed by atoms with Gasteiger partial charge in [-0.05, 0) is 95.0 Å². The molecule has 8 amide bonds. The minimum atomic E-state index is -1.94. The molecule has 88 heavy (non-hydrogen) atoms. The highest BCUT2D eigenvalue weighted by Gasteiger charge is 2.64. The number of likely N-dealkylation sites (N-methyl/N-ethyl adjacent to an activating group) is 1. The molecule has 0 radical (unpaired) electrons. The van der Waals surface area contributed by atoms with Crippen molar-refractivity contribution in [2.75, 3.05) is 64.1 Å². The van der Waals surface area contributed by atoms with E-state index in [9.17, 15) is 48.3 Å². The summed E-state index contributed by atoms with van der Waals surface area (Å²) < 4.78 is 40.3. The van der Waals surface area contributed by atoms with Gasteiger partial charge in [0.2, 0.25) is 23.6 Å². The number of hydrogen-bond acceptors (Lipinski definition) is 17. The molecule has 0 unspecified atom stereocenters. The number of nitrogens with one attached hydrogen (secondary N) is 5. The van der Waals surface area contributed by atoms with Crippen LogP contribution in [-0.4, -0.2) is 171 Å². The molecule has 3 heterocycles. The van der Waals surface area contributed by atoms with Crippen LogP contribution in [0.4, 0.5) is 21.0 Å². The maximum absolute atomic E-state index is 14.7. The molecule has 0 aromatic heterocycles. The summed E-state index contributed by atoms with van der Waals surface area (Å²) >= 11 is 10.0. The number of allylic oxidation sites excluding steroid dienone is 3. The summed E-state index contributed by atoms with van der Waals surface area (Å²) in [6, 6.07) is 3.09. The number of aliphatic hydroxyl groups is 1. The number of alkyl halides is 1. The van der Waals surface area contributed by atoms with Gasteiger partial charge in [-0.2, -0.15) is 0 Å². The van der Waals surface area contributed by atoms with Crippen LogP contribution in [0.3, 0.4) is 0 Å². The van der Waals surface area contributed by atoms with E-state index >= 15 is 0 Å². The average molecular weight is 1320 g/mol. The first-order chi connectivity index (χ1) is 41.5. The first kappa shape index (κ1) is 71.5. The van der Waals surface area contributed by atoms with Gasteiger partial charge in [-0.1, -0.05) is 78.7 Å². The first-order valence-electron chi connectivity index (χ1n) is 28.9. The highest BCUT2D eigenvalue weighted by molar-refractivity contribution is 9.09. The predicted molar refractivity (Wildman–Crippen MR) is 330 cm³/mol. The molecule has 10 atom stereocenters. The van der Waals surface area contributed by atoms with Crippen molar-refractivity contribution in [1.82, 2.24) is 26.2 Å². The fraction of sp³-hybridized carbons (Fsp3) is 0.557. The molecule has 25 nitrogen and oxygen atoms in total. The van der Waals surface area contributed by atoms with Gasteiger partial charge in [-0.3, -0.25) is 29.3 Å². The Morgan fingerprint density at radius 3 is 2.38 bits per heavy atom. The zero-order valence-corrected chi connectivity index (χ0v) is 54.1. The van der Waals surface area contributed by atoms with Gasteiger partial charge >= 0.3 is 24.1 Å². The fourth-order valence-corrected chi connectivity index (χ4v) is 10.8. The molecule has 2 aromatic carbocycles. The Balaban J connectivity index is 1.40. The SMILES string of the molecule is C=C(CBr)C(=O)OCCCCCC(=O)N[C@H](C(=O)N[C@@H](CCCNC(N)=O)C(=O)Nc1cc(OC)ccc1C(=O)N(C)[C@@H](C)C(=O)O[C@H]1CC(=O)N(C)c2cc(cc(OC)c2Cl)C/C(C)=C/C=C/[C@@H](OC)[C@@]2(O)C[C@H](OC(=O)N2)[C@@H](C)[C@@H]2O[C@@]12C)C(C)C. The van der Waals surface area contributed by atoms with Gasteiger partial charge in [0.05, 0.1) is 50.3 Å². The molecule has 3 aliphatic rings. The van der Waals surface area contributed by atoms with E-state index in [2.05, 4.69) is 49.1 Å². The van der Waals surface area contributed by atoms with E-state index in [0.717, 1.165) is 16.0 Å². The van der Waals surface area contributed by atoms with Gasteiger partial charge in [0.25, 0.3) is 5.91 Å². The number of primary amides is 1. The summed E-state index contributed by atoms with van der Waals surface area (Å²) in [7, 11) is 7.05. The highest BCUT2D eigenvalue weighted by Crippen LogP contribution is 2.49. The molecule has 2 aromatic rings. The Labute approximate surface area is 526 Å². The van der Waals surface area contributed by atoms with E-state index in [1.54, 1.807) is 52.0 Å². The third kappa shape index (κ3) is 18.9. The van der Waals surface area contributed by atoms with Crippen LogP contribution >= 0.6 is 27.5 Å². The summed E-state index contributed by atoms with van der Waals surface area (Å²) in [4.78, 5) is 125. The van der Waals surface area contributed by atoms with Gasteiger partial charge in [0, 0.05) is 63.5 Å². The number of epoxide rings is 1. The van der Waals surface area contributed by atoms with Crippen LogP contribution in [-0.2, 0) is 58.9 Å². The van der Waals surface area contributed by atoms with E-state index < -0.39 is 126 Å². The van der Waals surface area contributed by atoms with Crippen molar-refractivity contribution in [3.63, 3.8) is 0 Å². The average Bonchev–Trinajstić information content (AvgIpc) is 3.78. The molecule has 0 aliphatic carbocycles. The zero-order chi connectivity index (χ0) is 65.4. The van der Waals surface area contributed by atoms with Crippen molar-refractivity contribution >= 4 is 92.5 Å². The minimum Gasteiger partial charge on any atom is -0.497 e. The molecule has 3 aliphatic heterocycles. The van der Waals surface area contributed by atoms with Gasteiger partial charge in [-0.25, -0.2) is 19.2 Å².